The van der Waals surface area contributed by atoms with Gasteiger partial charge in [-0.2, -0.15) is 0 Å². The number of aliphatic hydroxyl groups is 1. The van der Waals surface area contributed by atoms with E-state index >= 15 is 0 Å². The average molecular weight is 256 g/mol. The van der Waals surface area contributed by atoms with Crippen molar-refractivity contribution in [3.05, 3.63) is 0 Å². The Labute approximate surface area is 110 Å². The van der Waals surface area contributed by atoms with Gasteiger partial charge in [0.05, 0.1) is 18.6 Å². The molecule has 4 heteroatoms. The van der Waals surface area contributed by atoms with E-state index in [2.05, 4.69) is 19.2 Å². The van der Waals surface area contributed by atoms with Gasteiger partial charge < -0.3 is 16.2 Å². The molecule has 4 N–H and O–H groups in total. The number of hydrogen-bond donors (Lipinski definition) is 3. The largest absolute Gasteiger partial charge is 0.394 e. The number of hydrogen-bond acceptors (Lipinski definition) is 3. The molecule has 0 aliphatic heterocycles. The lowest BCUT2D eigenvalue weighted by atomic mass is 9.93. The van der Waals surface area contributed by atoms with E-state index in [4.69, 9.17) is 5.73 Å². The highest BCUT2D eigenvalue weighted by atomic mass is 16.3. The van der Waals surface area contributed by atoms with Crippen LogP contribution in [0, 0.1) is 11.8 Å². The fraction of sp³-hybridized carbons (Fsp3) is 0.929. The van der Waals surface area contributed by atoms with Gasteiger partial charge in [-0.15, -0.1) is 0 Å². The molecule has 1 fully saturated rings. The van der Waals surface area contributed by atoms with Crippen LogP contribution < -0.4 is 11.1 Å². The summed E-state index contributed by atoms with van der Waals surface area (Å²) in [5, 5.41) is 12.3. The zero-order valence-corrected chi connectivity index (χ0v) is 11.7. The van der Waals surface area contributed by atoms with Gasteiger partial charge in [0, 0.05) is 6.04 Å². The van der Waals surface area contributed by atoms with Crippen molar-refractivity contribution >= 4 is 5.91 Å². The Morgan fingerprint density at radius 3 is 2.61 bits per heavy atom. The van der Waals surface area contributed by atoms with E-state index in [-0.39, 0.29) is 30.5 Å². The first-order valence-corrected chi connectivity index (χ1v) is 7.21. The predicted octanol–water partition coefficient (Wildman–Crippen LogP) is 1.42. The Kier molecular flexibility index (Phi) is 6.65. The van der Waals surface area contributed by atoms with E-state index in [9.17, 15) is 9.90 Å². The molecule has 18 heavy (non-hydrogen) atoms. The van der Waals surface area contributed by atoms with E-state index in [1.54, 1.807) is 0 Å². The third-order valence-electron chi connectivity index (χ3n) is 3.73. The lowest BCUT2D eigenvalue weighted by molar-refractivity contribution is -0.127. The molecule has 3 atom stereocenters. The highest BCUT2D eigenvalue weighted by molar-refractivity contribution is 5.79. The van der Waals surface area contributed by atoms with Gasteiger partial charge in [0.1, 0.15) is 0 Å². The lowest BCUT2D eigenvalue weighted by Crippen LogP contribution is -2.46. The van der Waals surface area contributed by atoms with Crippen LogP contribution in [-0.4, -0.2) is 29.7 Å². The Balaban J connectivity index is 2.50. The zero-order chi connectivity index (χ0) is 13.5. The summed E-state index contributed by atoms with van der Waals surface area (Å²) in [5.74, 6) is 0.420. The summed E-state index contributed by atoms with van der Waals surface area (Å²) in [7, 11) is 0. The summed E-state index contributed by atoms with van der Waals surface area (Å²) in [6, 6.07) is -0.154. The van der Waals surface area contributed by atoms with Crippen molar-refractivity contribution in [2.24, 2.45) is 17.6 Å². The van der Waals surface area contributed by atoms with E-state index in [1.807, 2.05) is 0 Å². The van der Waals surface area contributed by atoms with Crippen molar-refractivity contribution in [2.45, 2.75) is 64.5 Å². The first-order valence-electron chi connectivity index (χ1n) is 7.21. The summed E-state index contributed by atoms with van der Waals surface area (Å²) < 4.78 is 0. The van der Waals surface area contributed by atoms with Crippen LogP contribution in [0.1, 0.15) is 52.4 Å². The molecular formula is C14H28N2O2. The van der Waals surface area contributed by atoms with Crippen molar-refractivity contribution in [3.63, 3.8) is 0 Å². The molecule has 0 bridgehead atoms. The van der Waals surface area contributed by atoms with E-state index in [0.29, 0.717) is 5.92 Å². The molecule has 1 aliphatic rings. The van der Waals surface area contributed by atoms with Crippen molar-refractivity contribution in [1.82, 2.24) is 5.32 Å². The third kappa shape index (κ3) is 4.94. The molecule has 1 rings (SSSR count). The Hall–Kier alpha value is -0.610. The summed E-state index contributed by atoms with van der Waals surface area (Å²) in [6.45, 7) is 4.18. The van der Waals surface area contributed by atoms with Gasteiger partial charge in [0.2, 0.25) is 5.91 Å². The van der Waals surface area contributed by atoms with Gasteiger partial charge in [-0.05, 0) is 25.2 Å². The molecule has 0 heterocycles. The van der Waals surface area contributed by atoms with Gasteiger partial charge >= 0.3 is 0 Å². The monoisotopic (exact) mass is 256 g/mol. The van der Waals surface area contributed by atoms with E-state index < -0.39 is 0 Å². The molecule has 1 amide bonds. The van der Waals surface area contributed by atoms with Crippen molar-refractivity contribution in [2.75, 3.05) is 6.61 Å². The molecule has 0 aromatic heterocycles. The third-order valence-corrected chi connectivity index (χ3v) is 3.73. The standard InChI is InChI=1S/C14H28N2O2/c1-10(2)8-11(9-17)16-14(18)12-6-4-3-5-7-13(12)15/h10-13,17H,3-9,15H2,1-2H3,(H,16,18). The van der Waals surface area contributed by atoms with Crippen LogP contribution in [0.5, 0.6) is 0 Å². The number of amides is 1. The van der Waals surface area contributed by atoms with Crippen molar-refractivity contribution in [1.29, 1.82) is 0 Å². The van der Waals surface area contributed by atoms with Crippen molar-refractivity contribution in [3.8, 4) is 0 Å². The van der Waals surface area contributed by atoms with Crippen LogP contribution in [-0.2, 0) is 4.79 Å². The quantitative estimate of drug-likeness (QED) is 0.651. The smallest absolute Gasteiger partial charge is 0.224 e. The molecule has 0 spiro atoms. The van der Waals surface area contributed by atoms with Gasteiger partial charge in [0.25, 0.3) is 0 Å². The molecule has 0 aromatic rings. The molecule has 1 aliphatic carbocycles. The second kappa shape index (κ2) is 7.74. The number of carbonyl (C=O) groups excluding carboxylic acids is 1. The first-order chi connectivity index (χ1) is 8.54. The van der Waals surface area contributed by atoms with Crippen LogP contribution in [0.3, 0.4) is 0 Å². The number of aliphatic hydroxyl groups excluding tert-OH is 1. The number of nitrogens with two attached hydrogens (primary N) is 1. The van der Waals surface area contributed by atoms with Gasteiger partial charge in [-0.3, -0.25) is 4.79 Å². The molecule has 106 valence electrons. The maximum atomic E-state index is 12.2. The summed E-state index contributed by atoms with van der Waals surface area (Å²) in [4.78, 5) is 12.2. The normalized spacial score (nSPS) is 26.7. The number of rotatable bonds is 5. The van der Waals surface area contributed by atoms with Crippen LogP contribution in [0.15, 0.2) is 0 Å². The zero-order valence-electron chi connectivity index (χ0n) is 11.7. The summed E-state index contributed by atoms with van der Waals surface area (Å²) in [5.41, 5.74) is 6.07. The fourth-order valence-corrected chi connectivity index (χ4v) is 2.72. The van der Waals surface area contributed by atoms with Crippen LogP contribution in [0.2, 0.25) is 0 Å². The first kappa shape index (κ1) is 15.4. The maximum absolute atomic E-state index is 12.2. The van der Waals surface area contributed by atoms with Crippen molar-refractivity contribution < 1.29 is 9.90 Å². The van der Waals surface area contributed by atoms with Crippen LogP contribution in [0.4, 0.5) is 0 Å². The minimum atomic E-state index is -0.132. The SMILES string of the molecule is CC(C)CC(CO)NC(=O)C1CCCCCC1N. The maximum Gasteiger partial charge on any atom is 0.224 e. The molecule has 3 unspecified atom stereocenters. The minimum Gasteiger partial charge on any atom is -0.394 e. The molecule has 0 radical (unpaired) electrons. The minimum absolute atomic E-state index is 0.00583. The van der Waals surface area contributed by atoms with Gasteiger partial charge in [0.15, 0.2) is 0 Å². The highest BCUT2D eigenvalue weighted by Gasteiger charge is 2.28. The van der Waals surface area contributed by atoms with Crippen LogP contribution >= 0.6 is 0 Å². The molecule has 0 aromatic carbocycles. The average Bonchev–Trinajstić information content (AvgIpc) is 2.52. The Morgan fingerprint density at radius 2 is 2.00 bits per heavy atom. The molecule has 0 saturated heterocycles. The lowest BCUT2D eigenvalue weighted by Gasteiger charge is -2.25. The molecular weight excluding hydrogens is 228 g/mol. The predicted molar refractivity (Wildman–Crippen MR) is 73.0 cm³/mol. The Morgan fingerprint density at radius 1 is 1.33 bits per heavy atom. The second-order valence-electron chi connectivity index (χ2n) is 5.93. The summed E-state index contributed by atoms with van der Waals surface area (Å²) in [6.07, 6.45) is 6.01. The fourth-order valence-electron chi connectivity index (χ4n) is 2.72. The molecule has 1 saturated carbocycles. The van der Waals surface area contributed by atoms with E-state index in [1.165, 1.54) is 6.42 Å². The van der Waals surface area contributed by atoms with E-state index in [0.717, 1.165) is 32.1 Å². The van der Waals surface area contributed by atoms with Crippen LogP contribution in [0.25, 0.3) is 0 Å². The Bertz CT molecular complexity index is 256. The van der Waals surface area contributed by atoms with Gasteiger partial charge in [-0.25, -0.2) is 0 Å². The highest BCUT2D eigenvalue weighted by Crippen LogP contribution is 2.22. The number of nitrogens with one attached hydrogen (secondary N) is 1. The summed E-state index contributed by atoms with van der Waals surface area (Å²) >= 11 is 0. The second-order valence-corrected chi connectivity index (χ2v) is 5.93. The topological polar surface area (TPSA) is 75.3 Å². The van der Waals surface area contributed by atoms with Gasteiger partial charge in [-0.1, -0.05) is 33.1 Å². The molecule has 4 nitrogen and oxygen atoms in total. The number of carbonyl (C=O) groups is 1.